The van der Waals surface area contributed by atoms with Crippen LogP contribution in [0.4, 0.5) is 0 Å². The van der Waals surface area contributed by atoms with Gasteiger partial charge in [0.1, 0.15) is 6.61 Å². The van der Waals surface area contributed by atoms with Crippen LogP contribution in [0, 0.1) is 0 Å². The van der Waals surface area contributed by atoms with E-state index in [2.05, 4.69) is 111 Å². The largest absolute Gasteiger partial charge is 0.462 e. The van der Waals surface area contributed by atoms with Gasteiger partial charge in [-0.25, -0.2) is 0 Å². The zero-order chi connectivity index (χ0) is 37.1. The van der Waals surface area contributed by atoms with Crippen LogP contribution >= 0.6 is 0 Å². The Morgan fingerprint density at radius 2 is 0.843 bits per heavy atom. The third kappa shape index (κ3) is 39.5. The number of ether oxygens (including phenoxy) is 2. The summed E-state index contributed by atoms with van der Waals surface area (Å²) in [4.78, 5) is 24.2. The number of rotatable bonds is 35. The standard InChI is InChI=1S/C46H74O5/c1-3-5-7-9-11-13-15-16-17-18-19-20-21-22-23-24-25-26-27-28-29-30-31-33-35-37-39-41-46(49)51-44(42-47)43-50-45(48)40-38-36-34-32-14-12-10-8-6-4-2/h5,7-8,10-11,13,16-17,19-20,22-23,25-26,28-29,44,47H,3-4,6,9,12,14-15,18,21,24,27,30-43H2,1-2H3/b7-5-,10-8-,13-11-,17-16-,20-19-,23-22-,26-25-,29-28-. The van der Waals surface area contributed by atoms with Gasteiger partial charge in [0, 0.05) is 12.8 Å². The highest BCUT2D eigenvalue weighted by Gasteiger charge is 2.16. The van der Waals surface area contributed by atoms with E-state index in [-0.39, 0.29) is 25.2 Å². The smallest absolute Gasteiger partial charge is 0.306 e. The first-order chi connectivity index (χ1) is 25.1. The van der Waals surface area contributed by atoms with Crippen molar-refractivity contribution in [1.29, 1.82) is 0 Å². The summed E-state index contributed by atoms with van der Waals surface area (Å²) in [5.41, 5.74) is 0. The summed E-state index contributed by atoms with van der Waals surface area (Å²) in [5, 5.41) is 9.54. The molecule has 0 heterocycles. The molecule has 288 valence electrons. The number of esters is 2. The lowest BCUT2D eigenvalue weighted by Gasteiger charge is -2.15. The quantitative estimate of drug-likeness (QED) is 0.0403. The predicted molar refractivity (Wildman–Crippen MR) is 219 cm³/mol. The predicted octanol–water partition coefficient (Wildman–Crippen LogP) is 12.9. The first kappa shape index (κ1) is 47.8. The molecule has 51 heavy (non-hydrogen) atoms. The van der Waals surface area contributed by atoms with Crippen LogP contribution < -0.4 is 0 Å². The first-order valence-electron chi connectivity index (χ1n) is 20.3. The molecule has 1 atom stereocenters. The van der Waals surface area contributed by atoms with Gasteiger partial charge >= 0.3 is 11.9 Å². The van der Waals surface area contributed by atoms with Crippen molar-refractivity contribution in [3.05, 3.63) is 97.2 Å². The van der Waals surface area contributed by atoms with Crippen LogP contribution in [-0.2, 0) is 19.1 Å². The zero-order valence-corrected chi connectivity index (χ0v) is 32.6. The van der Waals surface area contributed by atoms with Gasteiger partial charge < -0.3 is 14.6 Å². The van der Waals surface area contributed by atoms with Gasteiger partial charge in [0.05, 0.1) is 6.61 Å². The summed E-state index contributed by atoms with van der Waals surface area (Å²) < 4.78 is 10.6. The molecule has 0 saturated carbocycles. The van der Waals surface area contributed by atoms with Crippen LogP contribution in [0.5, 0.6) is 0 Å². The van der Waals surface area contributed by atoms with Crippen LogP contribution in [0.25, 0.3) is 0 Å². The molecule has 5 nitrogen and oxygen atoms in total. The van der Waals surface area contributed by atoms with E-state index in [1.54, 1.807) is 0 Å². The SMILES string of the molecule is CC/C=C\C/C=C\C/C=C\C/C=C\C/C=C\C/C=C\C/C=C\CCCCCCCC(=O)OC(CO)COC(=O)CCCCCCC/C=C\CCC. The third-order valence-electron chi connectivity index (χ3n) is 8.09. The summed E-state index contributed by atoms with van der Waals surface area (Å²) in [6, 6.07) is 0. The van der Waals surface area contributed by atoms with E-state index >= 15 is 0 Å². The summed E-state index contributed by atoms with van der Waals surface area (Å²) >= 11 is 0. The van der Waals surface area contributed by atoms with E-state index in [0.29, 0.717) is 12.8 Å². The van der Waals surface area contributed by atoms with Gasteiger partial charge in [0.15, 0.2) is 6.10 Å². The molecule has 0 saturated heterocycles. The maximum Gasteiger partial charge on any atom is 0.306 e. The number of carbonyl (C=O) groups is 2. The monoisotopic (exact) mass is 707 g/mol. The second-order valence-electron chi connectivity index (χ2n) is 13.0. The number of carbonyl (C=O) groups excluding carboxylic acids is 2. The maximum absolute atomic E-state index is 12.2. The number of allylic oxidation sites excluding steroid dienone is 16. The number of aliphatic hydroxyl groups excluding tert-OH is 1. The average molecular weight is 707 g/mol. The van der Waals surface area contributed by atoms with Crippen molar-refractivity contribution in [3.8, 4) is 0 Å². The molecule has 0 bridgehead atoms. The highest BCUT2D eigenvalue weighted by molar-refractivity contribution is 5.70. The molecule has 0 aromatic carbocycles. The molecule has 0 fully saturated rings. The van der Waals surface area contributed by atoms with Crippen molar-refractivity contribution in [2.45, 2.75) is 168 Å². The number of hydrogen-bond donors (Lipinski definition) is 1. The molecule has 0 aliphatic rings. The summed E-state index contributed by atoms with van der Waals surface area (Å²) in [7, 11) is 0. The molecule has 0 spiro atoms. The molecule has 1 unspecified atom stereocenters. The van der Waals surface area contributed by atoms with Gasteiger partial charge in [0.25, 0.3) is 0 Å². The Kier molecular flexibility index (Phi) is 38.7. The molecule has 0 radical (unpaired) electrons. The van der Waals surface area contributed by atoms with Crippen LogP contribution in [0.3, 0.4) is 0 Å². The van der Waals surface area contributed by atoms with Gasteiger partial charge in [0.2, 0.25) is 0 Å². The van der Waals surface area contributed by atoms with E-state index in [9.17, 15) is 14.7 Å². The van der Waals surface area contributed by atoms with Gasteiger partial charge in [-0.2, -0.15) is 0 Å². The third-order valence-corrected chi connectivity index (χ3v) is 8.09. The van der Waals surface area contributed by atoms with Gasteiger partial charge in [-0.05, 0) is 89.9 Å². The molecule has 5 heteroatoms. The van der Waals surface area contributed by atoms with E-state index in [4.69, 9.17) is 9.47 Å². The average Bonchev–Trinajstić information content (AvgIpc) is 3.13. The van der Waals surface area contributed by atoms with Gasteiger partial charge in [-0.3, -0.25) is 9.59 Å². The summed E-state index contributed by atoms with van der Waals surface area (Å²) in [5.74, 6) is -0.637. The maximum atomic E-state index is 12.2. The minimum absolute atomic E-state index is 0.0845. The zero-order valence-electron chi connectivity index (χ0n) is 32.6. The highest BCUT2D eigenvalue weighted by Crippen LogP contribution is 2.11. The fourth-order valence-electron chi connectivity index (χ4n) is 5.06. The molecule has 0 aliphatic carbocycles. The Balaban J connectivity index is 3.66. The van der Waals surface area contributed by atoms with Crippen LogP contribution in [0.15, 0.2) is 97.2 Å². The highest BCUT2D eigenvalue weighted by atomic mass is 16.6. The molecule has 0 rings (SSSR count). The second kappa shape index (κ2) is 41.2. The van der Waals surface area contributed by atoms with Crippen molar-refractivity contribution in [2.75, 3.05) is 13.2 Å². The van der Waals surface area contributed by atoms with Crippen molar-refractivity contribution in [1.82, 2.24) is 0 Å². The molecule has 0 aromatic heterocycles. The Morgan fingerprint density at radius 1 is 0.471 bits per heavy atom. The van der Waals surface area contributed by atoms with Crippen molar-refractivity contribution >= 4 is 11.9 Å². The summed E-state index contributed by atoms with van der Waals surface area (Å²) in [6.07, 6.45) is 57.6. The van der Waals surface area contributed by atoms with E-state index in [1.165, 1.54) is 19.3 Å². The molecule has 0 aromatic rings. The molecule has 1 N–H and O–H groups in total. The first-order valence-corrected chi connectivity index (χ1v) is 20.3. The van der Waals surface area contributed by atoms with E-state index in [1.807, 2.05) is 0 Å². The van der Waals surface area contributed by atoms with Crippen molar-refractivity contribution in [2.24, 2.45) is 0 Å². The fraction of sp³-hybridized carbons (Fsp3) is 0.609. The number of hydrogen-bond acceptors (Lipinski definition) is 5. The summed E-state index contributed by atoms with van der Waals surface area (Å²) in [6.45, 7) is 3.91. The normalized spacial score (nSPS) is 13.2. The van der Waals surface area contributed by atoms with E-state index < -0.39 is 6.10 Å². The minimum Gasteiger partial charge on any atom is -0.462 e. The number of aliphatic hydroxyl groups is 1. The Hall–Kier alpha value is -3.18. The Bertz CT molecular complexity index is 1030. The van der Waals surface area contributed by atoms with Crippen LogP contribution in [0.2, 0.25) is 0 Å². The van der Waals surface area contributed by atoms with Crippen LogP contribution in [-0.4, -0.2) is 36.4 Å². The topological polar surface area (TPSA) is 72.8 Å². The van der Waals surface area contributed by atoms with Gasteiger partial charge in [-0.1, -0.05) is 156 Å². The molecular formula is C46H74O5. The lowest BCUT2D eigenvalue weighted by molar-refractivity contribution is -0.161. The van der Waals surface area contributed by atoms with E-state index in [0.717, 1.165) is 116 Å². The molecular weight excluding hydrogens is 633 g/mol. The Labute approximate surface area is 313 Å². The van der Waals surface area contributed by atoms with Crippen LogP contribution in [0.1, 0.15) is 162 Å². The molecule has 0 amide bonds. The Morgan fingerprint density at radius 3 is 1.29 bits per heavy atom. The molecule has 0 aliphatic heterocycles. The van der Waals surface area contributed by atoms with Gasteiger partial charge in [-0.15, -0.1) is 0 Å². The minimum atomic E-state index is -0.790. The second-order valence-corrected chi connectivity index (χ2v) is 13.0. The lowest BCUT2D eigenvalue weighted by Crippen LogP contribution is -2.28. The number of unbranched alkanes of at least 4 members (excludes halogenated alkanes) is 11. The van der Waals surface area contributed by atoms with Crippen molar-refractivity contribution < 1.29 is 24.2 Å². The lowest BCUT2D eigenvalue weighted by atomic mass is 10.1. The van der Waals surface area contributed by atoms with Crippen molar-refractivity contribution in [3.63, 3.8) is 0 Å². The fourth-order valence-corrected chi connectivity index (χ4v) is 5.06.